The molecule has 0 nitrogen and oxygen atoms in total. The van der Waals surface area contributed by atoms with Gasteiger partial charge in [0.2, 0.25) is 0 Å². The van der Waals surface area contributed by atoms with Crippen molar-refractivity contribution in [1.29, 1.82) is 0 Å². The van der Waals surface area contributed by atoms with Crippen LogP contribution in [0.4, 0.5) is 0 Å². The predicted molar refractivity (Wildman–Crippen MR) is 85.1 cm³/mol. The molecular weight excluding hydrogens is 228 g/mol. The van der Waals surface area contributed by atoms with E-state index in [4.69, 9.17) is 0 Å². The van der Waals surface area contributed by atoms with Gasteiger partial charge in [0.1, 0.15) is 0 Å². The van der Waals surface area contributed by atoms with E-state index >= 15 is 0 Å². The van der Waals surface area contributed by atoms with Crippen LogP contribution in [-0.4, -0.2) is 0 Å². The van der Waals surface area contributed by atoms with Gasteiger partial charge in [0.15, 0.2) is 0 Å². The fourth-order valence-electron chi connectivity index (χ4n) is 3.20. The number of fused-ring (bicyclic) bond motifs is 3. The number of benzene rings is 3. The van der Waals surface area contributed by atoms with Gasteiger partial charge in [0, 0.05) is 0 Å². The molecule has 0 aliphatic rings. The van der Waals surface area contributed by atoms with Crippen molar-refractivity contribution in [2.24, 2.45) is 0 Å². The van der Waals surface area contributed by atoms with E-state index < -0.39 is 0 Å². The first kappa shape index (κ1) is 12.2. The maximum atomic E-state index is 2.35. The smallest absolute Gasteiger partial charge is 0.00757 e. The Labute approximate surface area is 115 Å². The molecule has 0 N–H and O–H groups in total. The minimum Gasteiger partial charge on any atom is -0.0557 e. The Bertz CT molecular complexity index is 807. The average Bonchev–Trinajstić information content (AvgIpc) is 2.35. The molecule has 0 aliphatic carbocycles. The van der Waals surface area contributed by atoms with Gasteiger partial charge in [0.25, 0.3) is 0 Å². The lowest BCUT2D eigenvalue weighted by atomic mass is 9.91. The lowest BCUT2D eigenvalue weighted by molar-refractivity contribution is 1.30. The van der Waals surface area contributed by atoms with E-state index in [2.05, 4.69) is 65.0 Å². The third-order valence-corrected chi connectivity index (χ3v) is 4.42. The number of hydrogen-bond acceptors (Lipinski definition) is 0. The van der Waals surface area contributed by atoms with Gasteiger partial charge in [-0.2, -0.15) is 0 Å². The van der Waals surface area contributed by atoms with E-state index in [0.717, 1.165) is 0 Å². The molecule has 96 valence electrons. The molecule has 0 unspecified atom stereocenters. The Morgan fingerprint density at radius 1 is 0.632 bits per heavy atom. The number of hydrogen-bond donors (Lipinski definition) is 0. The highest BCUT2D eigenvalue weighted by molar-refractivity contribution is 6.10. The standard InChI is InChI=1S/C19H20/c1-11-8-13(3)19-16(9-11)6-7-17-15(5)14(4)12(2)10-18(17)19/h6-10H,1-5H3. The maximum absolute atomic E-state index is 2.35. The second kappa shape index (κ2) is 4.09. The summed E-state index contributed by atoms with van der Waals surface area (Å²) in [5, 5.41) is 5.56. The van der Waals surface area contributed by atoms with E-state index in [1.807, 2.05) is 0 Å². The van der Waals surface area contributed by atoms with Gasteiger partial charge >= 0.3 is 0 Å². The van der Waals surface area contributed by atoms with Gasteiger partial charge in [0.05, 0.1) is 0 Å². The molecule has 0 heteroatoms. The fraction of sp³-hybridized carbons (Fsp3) is 0.263. The first-order valence-corrected chi connectivity index (χ1v) is 6.89. The molecule has 19 heavy (non-hydrogen) atoms. The van der Waals surface area contributed by atoms with Crippen molar-refractivity contribution in [3.05, 3.63) is 58.1 Å². The fourth-order valence-corrected chi connectivity index (χ4v) is 3.20. The molecule has 0 aromatic heterocycles. The van der Waals surface area contributed by atoms with Crippen LogP contribution in [0.2, 0.25) is 0 Å². The largest absolute Gasteiger partial charge is 0.0557 e. The first-order chi connectivity index (χ1) is 8.99. The minimum absolute atomic E-state index is 1.34. The predicted octanol–water partition coefficient (Wildman–Crippen LogP) is 5.54. The van der Waals surface area contributed by atoms with Gasteiger partial charge in [-0.25, -0.2) is 0 Å². The topological polar surface area (TPSA) is 0 Å². The molecule has 0 saturated carbocycles. The zero-order valence-corrected chi connectivity index (χ0v) is 12.4. The molecule has 0 atom stereocenters. The lowest BCUT2D eigenvalue weighted by Crippen LogP contribution is -1.91. The molecule has 0 fully saturated rings. The molecule has 0 heterocycles. The summed E-state index contributed by atoms with van der Waals surface area (Å²) in [7, 11) is 0. The summed E-state index contributed by atoms with van der Waals surface area (Å²) >= 11 is 0. The van der Waals surface area contributed by atoms with Crippen LogP contribution in [0.25, 0.3) is 21.5 Å². The number of aryl methyl sites for hydroxylation is 4. The summed E-state index contributed by atoms with van der Waals surface area (Å²) in [6, 6.07) is 11.5. The molecule has 0 amide bonds. The second-order valence-corrected chi connectivity index (χ2v) is 5.78. The Morgan fingerprint density at radius 3 is 2.11 bits per heavy atom. The molecule has 3 aromatic carbocycles. The van der Waals surface area contributed by atoms with Crippen molar-refractivity contribution >= 4 is 21.5 Å². The molecule has 3 rings (SSSR count). The third-order valence-electron chi connectivity index (χ3n) is 4.42. The Hall–Kier alpha value is -1.82. The van der Waals surface area contributed by atoms with Crippen LogP contribution in [-0.2, 0) is 0 Å². The summed E-state index contributed by atoms with van der Waals surface area (Å²) in [6.07, 6.45) is 0. The lowest BCUT2D eigenvalue weighted by Gasteiger charge is -2.14. The van der Waals surface area contributed by atoms with Crippen LogP contribution >= 0.6 is 0 Å². The van der Waals surface area contributed by atoms with Gasteiger partial charge in [-0.15, -0.1) is 0 Å². The van der Waals surface area contributed by atoms with Crippen LogP contribution in [0.5, 0.6) is 0 Å². The van der Waals surface area contributed by atoms with Crippen molar-refractivity contribution in [1.82, 2.24) is 0 Å². The molecule has 0 saturated heterocycles. The van der Waals surface area contributed by atoms with Gasteiger partial charge in [-0.1, -0.05) is 35.9 Å². The summed E-state index contributed by atoms with van der Waals surface area (Å²) < 4.78 is 0. The molecule has 0 spiro atoms. The summed E-state index contributed by atoms with van der Waals surface area (Å²) in [5.41, 5.74) is 6.93. The van der Waals surface area contributed by atoms with Crippen molar-refractivity contribution < 1.29 is 0 Å². The first-order valence-electron chi connectivity index (χ1n) is 6.89. The van der Waals surface area contributed by atoms with E-state index in [-0.39, 0.29) is 0 Å². The average molecular weight is 248 g/mol. The highest BCUT2D eigenvalue weighted by Gasteiger charge is 2.09. The zero-order valence-electron chi connectivity index (χ0n) is 12.4. The van der Waals surface area contributed by atoms with Gasteiger partial charge < -0.3 is 0 Å². The van der Waals surface area contributed by atoms with Crippen molar-refractivity contribution in [2.45, 2.75) is 34.6 Å². The van der Waals surface area contributed by atoms with Crippen LogP contribution in [0.3, 0.4) is 0 Å². The minimum atomic E-state index is 1.34. The van der Waals surface area contributed by atoms with E-state index in [0.29, 0.717) is 0 Å². The van der Waals surface area contributed by atoms with Crippen molar-refractivity contribution in [3.8, 4) is 0 Å². The monoisotopic (exact) mass is 248 g/mol. The zero-order chi connectivity index (χ0) is 13.7. The Balaban J connectivity index is 2.60. The molecule has 3 aromatic rings. The summed E-state index contributed by atoms with van der Waals surface area (Å²) in [5.74, 6) is 0. The Kier molecular flexibility index (Phi) is 2.63. The third kappa shape index (κ3) is 1.74. The summed E-state index contributed by atoms with van der Waals surface area (Å²) in [4.78, 5) is 0. The van der Waals surface area contributed by atoms with Crippen LogP contribution < -0.4 is 0 Å². The Morgan fingerprint density at radius 2 is 1.37 bits per heavy atom. The van der Waals surface area contributed by atoms with Gasteiger partial charge in [-0.05, 0) is 78.4 Å². The summed E-state index contributed by atoms with van der Waals surface area (Å²) in [6.45, 7) is 11.1. The quantitative estimate of drug-likeness (QED) is 0.458. The highest BCUT2D eigenvalue weighted by Crippen LogP contribution is 2.33. The van der Waals surface area contributed by atoms with Crippen molar-refractivity contribution in [3.63, 3.8) is 0 Å². The second-order valence-electron chi connectivity index (χ2n) is 5.78. The number of rotatable bonds is 0. The molecular formula is C19H20. The van der Waals surface area contributed by atoms with Crippen LogP contribution in [0.15, 0.2) is 30.3 Å². The van der Waals surface area contributed by atoms with Crippen LogP contribution in [0, 0.1) is 34.6 Å². The normalized spacial score (nSPS) is 11.4. The van der Waals surface area contributed by atoms with E-state index in [9.17, 15) is 0 Å². The maximum Gasteiger partial charge on any atom is -0.00757 e. The van der Waals surface area contributed by atoms with Crippen LogP contribution in [0.1, 0.15) is 27.8 Å². The highest BCUT2D eigenvalue weighted by atomic mass is 14.1. The molecule has 0 radical (unpaired) electrons. The van der Waals surface area contributed by atoms with Gasteiger partial charge in [-0.3, -0.25) is 0 Å². The molecule has 0 bridgehead atoms. The van der Waals surface area contributed by atoms with Crippen molar-refractivity contribution in [2.75, 3.05) is 0 Å². The van der Waals surface area contributed by atoms with E-state index in [1.54, 1.807) is 0 Å². The molecule has 0 aliphatic heterocycles. The SMILES string of the molecule is Cc1cc(C)c2c(ccc3c(C)c(C)c(C)cc32)c1. The van der Waals surface area contributed by atoms with E-state index in [1.165, 1.54) is 49.4 Å².